The van der Waals surface area contributed by atoms with Crippen LogP contribution < -0.4 is 5.73 Å². The molecule has 20 heavy (non-hydrogen) atoms. The first kappa shape index (κ1) is 16.3. The molecule has 2 fully saturated rings. The Morgan fingerprint density at radius 2 is 1.55 bits per heavy atom. The van der Waals surface area contributed by atoms with E-state index >= 15 is 0 Å². The maximum absolute atomic E-state index is 6.06. The lowest BCUT2D eigenvalue weighted by Gasteiger charge is -2.44. The summed E-state index contributed by atoms with van der Waals surface area (Å²) in [7, 11) is 0. The third kappa shape index (κ3) is 4.44. The van der Waals surface area contributed by atoms with Crippen LogP contribution in [0.2, 0.25) is 0 Å². The average molecular weight is 281 g/mol. The highest BCUT2D eigenvalue weighted by Gasteiger charge is 2.30. The Hall–Kier alpha value is -0.120. The highest BCUT2D eigenvalue weighted by atomic mass is 15.2. The van der Waals surface area contributed by atoms with Crippen LogP contribution in [0.3, 0.4) is 0 Å². The lowest BCUT2D eigenvalue weighted by Crippen LogP contribution is -2.51. The molecule has 0 aromatic rings. The lowest BCUT2D eigenvalue weighted by molar-refractivity contribution is 0.0566. The first-order valence-corrected chi connectivity index (χ1v) is 8.83. The molecule has 2 aliphatic rings. The molecule has 1 heterocycles. The zero-order valence-corrected chi connectivity index (χ0v) is 13.9. The van der Waals surface area contributed by atoms with Crippen molar-refractivity contribution in [2.45, 2.75) is 77.4 Å². The standard InChI is InChI=1S/C17H35N3/c1-4-20(16-7-5-15(18)6-8-16)17-9-11-19(12-10-17)13-14(2)3/h14-17H,4-13,18H2,1-3H3. The molecule has 0 bridgehead atoms. The average Bonchev–Trinajstić information content (AvgIpc) is 2.43. The third-order valence-electron chi connectivity index (χ3n) is 5.22. The van der Waals surface area contributed by atoms with E-state index in [4.69, 9.17) is 5.73 Å². The minimum atomic E-state index is 0.470. The van der Waals surface area contributed by atoms with Gasteiger partial charge in [-0.25, -0.2) is 0 Å². The van der Waals surface area contributed by atoms with Crippen molar-refractivity contribution in [3.8, 4) is 0 Å². The molecule has 0 spiro atoms. The third-order valence-corrected chi connectivity index (χ3v) is 5.22. The van der Waals surface area contributed by atoms with E-state index in [9.17, 15) is 0 Å². The number of piperidine rings is 1. The van der Waals surface area contributed by atoms with Crippen LogP contribution in [-0.2, 0) is 0 Å². The van der Waals surface area contributed by atoms with Crippen molar-refractivity contribution in [3.63, 3.8) is 0 Å². The first-order valence-electron chi connectivity index (χ1n) is 8.83. The van der Waals surface area contributed by atoms with Crippen molar-refractivity contribution in [2.24, 2.45) is 11.7 Å². The summed E-state index contributed by atoms with van der Waals surface area (Å²) in [4.78, 5) is 5.46. The van der Waals surface area contributed by atoms with E-state index in [2.05, 4.69) is 30.6 Å². The zero-order chi connectivity index (χ0) is 14.5. The number of nitrogens with zero attached hydrogens (tertiary/aromatic N) is 2. The van der Waals surface area contributed by atoms with Crippen LogP contribution in [0.25, 0.3) is 0 Å². The van der Waals surface area contributed by atoms with E-state index in [1.54, 1.807) is 0 Å². The molecule has 0 radical (unpaired) electrons. The molecule has 2 N–H and O–H groups in total. The Morgan fingerprint density at radius 3 is 2.05 bits per heavy atom. The summed E-state index contributed by atoms with van der Waals surface area (Å²) in [5.41, 5.74) is 6.06. The molecule has 0 atom stereocenters. The van der Waals surface area contributed by atoms with Crippen molar-refractivity contribution in [1.29, 1.82) is 0 Å². The molecule has 118 valence electrons. The van der Waals surface area contributed by atoms with Crippen molar-refractivity contribution in [2.75, 3.05) is 26.2 Å². The molecule has 0 aromatic carbocycles. The first-order chi connectivity index (χ1) is 9.60. The van der Waals surface area contributed by atoms with Gasteiger partial charge in [-0.15, -0.1) is 0 Å². The molecule has 1 aliphatic heterocycles. The summed E-state index contributed by atoms with van der Waals surface area (Å²) in [6, 6.07) is 2.10. The van der Waals surface area contributed by atoms with Gasteiger partial charge in [0, 0.05) is 24.7 Å². The quantitative estimate of drug-likeness (QED) is 0.841. The molecule has 1 saturated carbocycles. The Bertz CT molecular complexity index is 263. The molecular weight excluding hydrogens is 246 g/mol. The molecule has 3 heteroatoms. The molecule has 1 saturated heterocycles. The van der Waals surface area contributed by atoms with Crippen LogP contribution >= 0.6 is 0 Å². The normalized spacial score (nSPS) is 30.3. The summed E-state index contributed by atoms with van der Waals surface area (Å²) in [6.07, 6.45) is 7.83. The second-order valence-corrected chi connectivity index (χ2v) is 7.32. The van der Waals surface area contributed by atoms with E-state index < -0.39 is 0 Å². The predicted octanol–water partition coefficient (Wildman–Crippen LogP) is 2.70. The van der Waals surface area contributed by atoms with Crippen molar-refractivity contribution in [3.05, 3.63) is 0 Å². The molecule has 1 aliphatic carbocycles. The van der Waals surface area contributed by atoms with Crippen molar-refractivity contribution in [1.82, 2.24) is 9.80 Å². The van der Waals surface area contributed by atoms with Gasteiger partial charge >= 0.3 is 0 Å². The van der Waals surface area contributed by atoms with Gasteiger partial charge in [-0.1, -0.05) is 20.8 Å². The van der Waals surface area contributed by atoms with Gasteiger partial charge in [-0.2, -0.15) is 0 Å². The maximum atomic E-state index is 6.06. The summed E-state index contributed by atoms with van der Waals surface area (Å²) in [5, 5.41) is 0. The number of hydrogen-bond acceptors (Lipinski definition) is 3. The van der Waals surface area contributed by atoms with Crippen LogP contribution in [0, 0.1) is 5.92 Å². The molecule has 0 unspecified atom stereocenters. The SMILES string of the molecule is CCN(C1CCC(N)CC1)C1CCN(CC(C)C)CC1. The summed E-state index contributed by atoms with van der Waals surface area (Å²) in [6.45, 7) is 12.1. The minimum absolute atomic E-state index is 0.470. The van der Waals surface area contributed by atoms with Gasteiger partial charge in [0.25, 0.3) is 0 Å². The van der Waals surface area contributed by atoms with Crippen LogP contribution in [0.1, 0.15) is 59.3 Å². The fraction of sp³-hybridized carbons (Fsp3) is 1.00. The minimum Gasteiger partial charge on any atom is -0.328 e. The van der Waals surface area contributed by atoms with Crippen LogP contribution in [-0.4, -0.2) is 54.1 Å². The van der Waals surface area contributed by atoms with E-state index in [0.29, 0.717) is 6.04 Å². The van der Waals surface area contributed by atoms with Gasteiger partial charge in [0.2, 0.25) is 0 Å². The van der Waals surface area contributed by atoms with Gasteiger partial charge in [0.15, 0.2) is 0 Å². The second kappa shape index (κ2) is 7.77. The number of rotatable bonds is 5. The van der Waals surface area contributed by atoms with Gasteiger partial charge in [-0.3, -0.25) is 4.90 Å². The smallest absolute Gasteiger partial charge is 0.0122 e. The summed E-state index contributed by atoms with van der Waals surface area (Å²) < 4.78 is 0. The second-order valence-electron chi connectivity index (χ2n) is 7.32. The fourth-order valence-corrected chi connectivity index (χ4v) is 4.20. The van der Waals surface area contributed by atoms with E-state index in [1.165, 1.54) is 64.7 Å². The topological polar surface area (TPSA) is 32.5 Å². The van der Waals surface area contributed by atoms with E-state index in [-0.39, 0.29) is 0 Å². The monoisotopic (exact) mass is 281 g/mol. The molecule has 0 amide bonds. The number of likely N-dealkylation sites (tertiary alicyclic amines) is 1. The Morgan fingerprint density at radius 1 is 1.00 bits per heavy atom. The zero-order valence-electron chi connectivity index (χ0n) is 13.9. The highest BCUT2D eigenvalue weighted by Crippen LogP contribution is 2.27. The number of hydrogen-bond donors (Lipinski definition) is 1. The van der Waals surface area contributed by atoms with Crippen molar-refractivity contribution >= 4 is 0 Å². The van der Waals surface area contributed by atoms with Gasteiger partial charge in [-0.05, 0) is 64.1 Å². The number of nitrogens with two attached hydrogens (primary N) is 1. The van der Waals surface area contributed by atoms with E-state index in [0.717, 1.165) is 18.0 Å². The van der Waals surface area contributed by atoms with E-state index in [1.807, 2.05) is 0 Å². The Balaban J connectivity index is 1.81. The van der Waals surface area contributed by atoms with Crippen LogP contribution in [0.5, 0.6) is 0 Å². The van der Waals surface area contributed by atoms with Gasteiger partial charge < -0.3 is 10.6 Å². The largest absolute Gasteiger partial charge is 0.328 e. The summed E-state index contributed by atoms with van der Waals surface area (Å²) in [5.74, 6) is 0.800. The fourth-order valence-electron chi connectivity index (χ4n) is 4.20. The molecule has 0 aromatic heterocycles. The van der Waals surface area contributed by atoms with Crippen molar-refractivity contribution < 1.29 is 0 Å². The van der Waals surface area contributed by atoms with Crippen LogP contribution in [0.15, 0.2) is 0 Å². The molecular formula is C17H35N3. The molecule has 2 rings (SSSR count). The highest BCUT2D eigenvalue weighted by molar-refractivity contribution is 4.87. The van der Waals surface area contributed by atoms with Gasteiger partial charge in [0.05, 0.1) is 0 Å². The van der Waals surface area contributed by atoms with Gasteiger partial charge in [0.1, 0.15) is 0 Å². The Labute approximate surface area is 125 Å². The van der Waals surface area contributed by atoms with Crippen LogP contribution in [0.4, 0.5) is 0 Å². The Kier molecular flexibility index (Phi) is 6.31. The molecule has 3 nitrogen and oxygen atoms in total. The summed E-state index contributed by atoms with van der Waals surface area (Å²) >= 11 is 0. The lowest BCUT2D eigenvalue weighted by atomic mass is 9.88. The maximum Gasteiger partial charge on any atom is 0.0122 e. The predicted molar refractivity (Wildman–Crippen MR) is 86.9 cm³/mol.